The van der Waals surface area contributed by atoms with Crippen molar-refractivity contribution in [3.05, 3.63) is 23.4 Å². The van der Waals surface area contributed by atoms with E-state index in [0.717, 1.165) is 26.2 Å². The van der Waals surface area contributed by atoms with Crippen LogP contribution in [0.4, 0.5) is 5.82 Å². The summed E-state index contributed by atoms with van der Waals surface area (Å²) in [4.78, 5) is 9.54. The van der Waals surface area contributed by atoms with E-state index in [0.29, 0.717) is 6.04 Å². The summed E-state index contributed by atoms with van der Waals surface area (Å²) < 4.78 is 0. The number of hydrogen-bond donors (Lipinski definition) is 1. The van der Waals surface area contributed by atoms with Gasteiger partial charge >= 0.3 is 0 Å². The second-order valence-electron chi connectivity index (χ2n) is 6.41. The molecule has 1 aliphatic rings. The van der Waals surface area contributed by atoms with Gasteiger partial charge in [0.1, 0.15) is 5.82 Å². The minimum absolute atomic E-state index is 0.607. The molecule has 0 bridgehead atoms. The number of rotatable bonds is 7. The van der Waals surface area contributed by atoms with Crippen molar-refractivity contribution in [1.82, 2.24) is 15.2 Å². The lowest BCUT2D eigenvalue weighted by Crippen LogP contribution is -2.38. The van der Waals surface area contributed by atoms with Crippen molar-refractivity contribution in [3.8, 4) is 0 Å². The number of nitrogens with zero attached hydrogens (tertiary/aromatic N) is 3. The fraction of sp³-hybridized carbons (Fsp3) is 0.706. The highest BCUT2D eigenvalue weighted by molar-refractivity contribution is 5.49. The van der Waals surface area contributed by atoms with Crippen LogP contribution in [0.2, 0.25) is 0 Å². The summed E-state index contributed by atoms with van der Waals surface area (Å²) >= 11 is 0. The fourth-order valence-electron chi connectivity index (χ4n) is 3.16. The zero-order valence-corrected chi connectivity index (χ0v) is 14.0. The molecule has 0 aliphatic carbocycles. The molecule has 1 unspecified atom stereocenters. The molecule has 0 spiro atoms. The van der Waals surface area contributed by atoms with Crippen LogP contribution < -0.4 is 10.2 Å². The number of likely N-dealkylation sites (N-methyl/N-ethyl adjacent to an activating group) is 1. The van der Waals surface area contributed by atoms with Crippen LogP contribution in [0.1, 0.15) is 37.3 Å². The molecule has 0 saturated carbocycles. The highest BCUT2D eigenvalue weighted by Gasteiger charge is 2.27. The quantitative estimate of drug-likeness (QED) is 0.782. The summed E-state index contributed by atoms with van der Waals surface area (Å²) in [5.41, 5.74) is 2.59. The van der Waals surface area contributed by atoms with Crippen molar-refractivity contribution in [1.29, 1.82) is 0 Å². The zero-order valence-electron chi connectivity index (χ0n) is 14.0. The van der Waals surface area contributed by atoms with Gasteiger partial charge in [0.15, 0.2) is 0 Å². The Bertz CT molecular complexity index is 444. The van der Waals surface area contributed by atoms with Crippen molar-refractivity contribution in [2.45, 2.75) is 45.7 Å². The van der Waals surface area contributed by atoms with Gasteiger partial charge in [-0.25, -0.2) is 4.98 Å². The molecule has 1 aromatic heterocycles. The van der Waals surface area contributed by atoms with Gasteiger partial charge in [0.25, 0.3) is 0 Å². The Morgan fingerprint density at radius 3 is 2.90 bits per heavy atom. The first-order valence-electron chi connectivity index (χ1n) is 8.19. The lowest BCUT2D eigenvalue weighted by Gasteiger charge is -2.29. The lowest BCUT2D eigenvalue weighted by molar-refractivity contribution is 0.371. The average molecular weight is 290 g/mol. The van der Waals surface area contributed by atoms with Crippen LogP contribution in [0.3, 0.4) is 0 Å². The lowest BCUT2D eigenvalue weighted by atomic mass is 10.1. The van der Waals surface area contributed by atoms with Crippen molar-refractivity contribution in [2.75, 3.05) is 38.6 Å². The summed E-state index contributed by atoms with van der Waals surface area (Å²) in [5.74, 6) is 1.18. The maximum atomic E-state index is 4.76. The molecule has 2 rings (SSSR count). The van der Waals surface area contributed by atoms with Crippen molar-refractivity contribution in [2.24, 2.45) is 0 Å². The molecule has 0 aromatic carbocycles. The molecule has 2 heterocycles. The highest BCUT2D eigenvalue weighted by Crippen LogP contribution is 2.27. The molecule has 1 atom stereocenters. The largest absolute Gasteiger partial charge is 0.352 e. The van der Waals surface area contributed by atoms with E-state index in [-0.39, 0.29) is 0 Å². The Labute approximate surface area is 129 Å². The smallest absolute Gasteiger partial charge is 0.131 e. The normalized spacial score (nSPS) is 18.7. The molecule has 118 valence electrons. The third kappa shape index (κ3) is 4.42. The Hall–Kier alpha value is -1.13. The summed E-state index contributed by atoms with van der Waals surface area (Å²) in [7, 11) is 4.30. The van der Waals surface area contributed by atoms with Crippen molar-refractivity contribution < 1.29 is 0 Å². The number of anilines is 1. The number of aromatic nitrogens is 1. The minimum Gasteiger partial charge on any atom is -0.352 e. The summed E-state index contributed by atoms with van der Waals surface area (Å²) in [6, 6.07) is 2.89. The molecule has 1 aromatic rings. The zero-order chi connectivity index (χ0) is 15.2. The van der Waals surface area contributed by atoms with Crippen LogP contribution in [0, 0.1) is 6.92 Å². The van der Waals surface area contributed by atoms with Gasteiger partial charge in [-0.2, -0.15) is 0 Å². The van der Waals surface area contributed by atoms with Gasteiger partial charge in [-0.1, -0.05) is 6.92 Å². The van der Waals surface area contributed by atoms with Gasteiger partial charge in [-0.05, 0) is 64.0 Å². The van der Waals surface area contributed by atoms with E-state index >= 15 is 0 Å². The van der Waals surface area contributed by atoms with E-state index in [4.69, 9.17) is 4.98 Å². The fourth-order valence-corrected chi connectivity index (χ4v) is 3.16. The maximum Gasteiger partial charge on any atom is 0.131 e. The highest BCUT2D eigenvalue weighted by atomic mass is 15.3. The van der Waals surface area contributed by atoms with Gasteiger partial charge in [0.2, 0.25) is 0 Å². The van der Waals surface area contributed by atoms with Crippen molar-refractivity contribution in [3.63, 3.8) is 0 Å². The Morgan fingerprint density at radius 1 is 1.43 bits per heavy atom. The molecule has 4 nitrogen and oxygen atoms in total. The predicted octanol–water partition coefficient (Wildman–Crippen LogP) is 2.42. The van der Waals surface area contributed by atoms with E-state index in [2.05, 4.69) is 49.1 Å². The molecule has 0 radical (unpaired) electrons. The third-order valence-electron chi connectivity index (χ3n) is 4.09. The first-order valence-corrected chi connectivity index (χ1v) is 8.19. The second kappa shape index (κ2) is 7.76. The Balaban J connectivity index is 2.05. The van der Waals surface area contributed by atoms with Gasteiger partial charge < -0.3 is 15.1 Å². The van der Waals surface area contributed by atoms with Gasteiger partial charge in [0.05, 0.1) is 0 Å². The minimum atomic E-state index is 0.607. The second-order valence-corrected chi connectivity index (χ2v) is 6.41. The summed E-state index contributed by atoms with van der Waals surface area (Å²) in [6.07, 6.45) is 5.76. The van der Waals surface area contributed by atoms with Crippen LogP contribution in [0.25, 0.3) is 0 Å². The molecule has 21 heavy (non-hydrogen) atoms. The number of aryl methyl sites for hydroxylation is 1. The van der Waals surface area contributed by atoms with Crippen LogP contribution in [0.15, 0.2) is 12.3 Å². The Kier molecular flexibility index (Phi) is 6.00. The van der Waals surface area contributed by atoms with Crippen LogP contribution in [-0.2, 0) is 6.54 Å². The summed E-state index contributed by atoms with van der Waals surface area (Å²) in [6.45, 7) is 8.62. The van der Waals surface area contributed by atoms with Crippen LogP contribution in [0.5, 0.6) is 0 Å². The van der Waals surface area contributed by atoms with Crippen LogP contribution >= 0.6 is 0 Å². The average Bonchev–Trinajstić information content (AvgIpc) is 2.86. The number of pyridine rings is 1. The van der Waals surface area contributed by atoms with Crippen LogP contribution in [-0.4, -0.2) is 49.7 Å². The molecule has 1 saturated heterocycles. The topological polar surface area (TPSA) is 31.4 Å². The van der Waals surface area contributed by atoms with Crippen molar-refractivity contribution >= 4 is 5.82 Å². The molecule has 1 N–H and O–H groups in total. The SMILES string of the molecule is CCCNCc1cnc(N2CCCC2CN(C)C)c(C)c1. The monoisotopic (exact) mass is 290 g/mol. The van der Waals surface area contributed by atoms with E-state index < -0.39 is 0 Å². The maximum absolute atomic E-state index is 4.76. The van der Waals surface area contributed by atoms with E-state index in [1.54, 1.807) is 0 Å². The van der Waals surface area contributed by atoms with E-state index in [1.807, 2.05) is 6.20 Å². The van der Waals surface area contributed by atoms with Gasteiger partial charge in [-0.3, -0.25) is 0 Å². The van der Waals surface area contributed by atoms with E-state index in [1.165, 1.54) is 36.2 Å². The standard InChI is InChI=1S/C17H30N4/c1-5-8-18-11-15-10-14(2)17(19-12-15)21-9-6-7-16(21)13-20(3)4/h10,12,16,18H,5-9,11,13H2,1-4H3. The third-order valence-corrected chi connectivity index (χ3v) is 4.09. The molecule has 1 aliphatic heterocycles. The molecule has 0 amide bonds. The molecular formula is C17H30N4. The predicted molar refractivity (Wildman–Crippen MR) is 89.9 cm³/mol. The number of hydrogen-bond acceptors (Lipinski definition) is 4. The van der Waals surface area contributed by atoms with Gasteiger partial charge in [-0.15, -0.1) is 0 Å². The molecular weight excluding hydrogens is 260 g/mol. The molecule has 4 heteroatoms. The van der Waals surface area contributed by atoms with Gasteiger partial charge in [0, 0.05) is 31.9 Å². The molecule has 1 fully saturated rings. The number of nitrogens with one attached hydrogen (secondary N) is 1. The Morgan fingerprint density at radius 2 is 2.24 bits per heavy atom. The summed E-state index contributed by atoms with van der Waals surface area (Å²) in [5, 5.41) is 3.44. The van der Waals surface area contributed by atoms with E-state index in [9.17, 15) is 0 Å². The first kappa shape index (κ1) is 16.2. The first-order chi connectivity index (χ1) is 10.1.